The number of rotatable bonds is 5. The van der Waals surface area contributed by atoms with Crippen LogP contribution >= 0.6 is 0 Å². The number of hydrogen-bond acceptors (Lipinski definition) is 7. The minimum atomic E-state index is -2.13. The molecule has 0 aromatic carbocycles. The first kappa shape index (κ1) is 25.7. The standard InChI is InChI=1S/C23H40N4O5Si/c1-15(32-33(9,10)22(6,7)8)17(18-25-24-14-30-18)27-16(2)23(19(27)28)12-11-13-26(23)20(29)31-21(3,4)5/h14-17H,11-13H2,1-10H3. The summed E-state index contributed by atoms with van der Waals surface area (Å²) < 4.78 is 17.8. The van der Waals surface area contributed by atoms with E-state index in [9.17, 15) is 9.59 Å². The van der Waals surface area contributed by atoms with E-state index >= 15 is 0 Å². The molecule has 2 aliphatic heterocycles. The molecule has 4 unspecified atom stereocenters. The van der Waals surface area contributed by atoms with Crippen LogP contribution in [0.2, 0.25) is 18.1 Å². The van der Waals surface area contributed by atoms with Gasteiger partial charge in [-0.2, -0.15) is 0 Å². The number of aromatic nitrogens is 2. The zero-order valence-electron chi connectivity index (χ0n) is 21.8. The zero-order valence-corrected chi connectivity index (χ0v) is 22.8. The van der Waals surface area contributed by atoms with Crippen LogP contribution in [0.5, 0.6) is 0 Å². The van der Waals surface area contributed by atoms with E-state index < -0.39 is 31.6 Å². The molecule has 3 rings (SSSR count). The van der Waals surface area contributed by atoms with Gasteiger partial charge in [-0.25, -0.2) is 4.79 Å². The third-order valence-electron chi connectivity index (χ3n) is 7.41. The Kier molecular flexibility index (Phi) is 6.51. The van der Waals surface area contributed by atoms with Crippen molar-refractivity contribution in [3.8, 4) is 0 Å². The van der Waals surface area contributed by atoms with E-state index in [1.54, 1.807) is 9.80 Å². The van der Waals surface area contributed by atoms with Crippen LogP contribution in [-0.2, 0) is 14.0 Å². The number of ether oxygens (including phenoxy) is 1. The van der Waals surface area contributed by atoms with Crippen LogP contribution in [0.25, 0.3) is 0 Å². The summed E-state index contributed by atoms with van der Waals surface area (Å²) in [5.41, 5.74) is -1.54. The molecule has 2 aliphatic rings. The quantitative estimate of drug-likeness (QED) is 0.451. The molecule has 9 nitrogen and oxygen atoms in total. The first-order chi connectivity index (χ1) is 15.0. The van der Waals surface area contributed by atoms with Crippen LogP contribution in [-0.4, -0.2) is 70.1 Å². The third-order valence-corrected chi connectivity index (χ3v) is 12.0. The highest BCUT2D eigenvalue weighted by Gasteiger charge is 2.68. The van der Waals surface area contributed by atoms with Gasteiger partial charge in [0, 0.05) is 6.54 Å². The second-order valence-corrected chi connectivity index (χ2v) is 16.6. The highest BCUT2D eigenvalue weighted by Crippen LogP contribution is 2.50. The maximum atomic E-state index is 13.8. The Hall–Kier alpha value is -1.94. The summed E-state index contributed by atoms with van der Waals surface area (Å²) >= 11 is 0. The summed E-state index contributed by atoms with van der Waals surface area (Å²) in [6.45, 7) is 20.8. The van der Waals surface area contributed by atoms with Gasteiger partial charge in [0.15, 0.2) is 8.32 Å². The van der Waals surface area contributed by atoms with Crippen LogP contribution in [0, 0.1) is 0 Å². The predicted molar refractivity (Wildman–Crippen MR) is 126 cm³/mol. The second kappa shape index (κ2) is 8.37. The summed E-state index contributed by atoms with van der Waals surface area (Å²) in [7, 11) is -2.13. The Balaban J connectivity index is 1.90. The lowest BCUT2D eigenvalue weighted by molar-refractivity contribution is -0.182. The molecule has 33 heavy (non-hydrogen) atoms. The maximum absolute atomic E-state index is 13.8. The minimum Gasteiger partial charge on any atom is -0.444 e. The van der Waals surface area contributed by atoms with Crippen molar-refractivity contribution in [3.63, 3.8) is 0 Å². The van der Waals surface area contributed by atoms with Gasteiger partial charge in [0.1, 0.15) is 17.2 Å². The van der Waals surface area contributed by atoms with Crippen molar-refractivity contribution < 1.29 is 23.2 Å². The topological polar surface area (TPSA) is 98.0 Å². The van der Waals surface area contributed by atoms with Crippen LogP contribution in [0.3, 0.4) is 0 Å². The van der Waals surface area contributed by atoms with E-state index in [4.69, 9.17) is 13.6 Å². The number of carbonyl (C=O) groups excluding carboxylic acids is 2. The van der Waals surface area contributed by atoms with Gasteiger partial charge in [-0.3, -0.25) is 9.69 Å². The summed E-state index contributed by atoms with van der Waals surface area (Å²) in [5, 5.41) is 7.99. The van der Waals surface area contributed by atoms with E-state index in [0.717, 1.165) is 6.42 Å². The Morgan fingerprint density at radius 3 is 2.39 bits per heavy atom. The number of carbonyl (C=O) groups is 2. The van der Waals surface area contributed by atoms with Gasteiger partial charge in [-0.05, 0) is 65.6 Å². The van der Waals surface area contributed by atoms with Crippen molar-refractivity contribution in [2.75, 3.05) is 6.54 Å². The van der Waals surface area contributed by atoms with Gasteiger partial charge in [0.05, 0.1) is 12.1 Å². The molecule has 1 aromatic rings. The molecular formula is C23H40N4O5Si. The fraction of sp³-hybridized carbons (Fsp3) is 0.826. The Bertz CT molecular complexity index is 876. The molecule has 1 spiro atoms. The molecule has 2 fully saturated rings. The first-order valence-corrected chi connectivity index (χ1v) is 14.7. The lowest BCUT2D eigenvalue weighted by atomic mass is 9.75. The Morgan fingerprint density at radius 1 is 1.27 bits per heavy atom. The highest BCUT2D eigenvalue weighted by atomic mass is 28.4. The Labute approximate surface area is 198 Å². The molecule has 0 N–H and O–H groups in total. The van der Waals surface area contributed by atoms with E-state index in [-0.39, 0.29) is 23.1 Å². The average molecular weight is 481 g/mol. The molecule has 1 aromatic heterocycles. The SMILES string of the molecule is CC(O[Si](C)(C)C(C)(C)C)C(c1nnco1)N1C(=O)C2(CCCN2C(=O)OC(C)(C)C)C1C. The smallest absolute Gasteiger partial charge is 0.411 e. The van der Waals surface area contributed by atoms with E-state index in [1.807, 2.05) is 34.6 Å². The van der Waals surface area contributed by atoms with E-state index in [1.165, 1.54) is 6.39 Å². The summed E-state index contributed by atoms with van der Waals surface area (Å²) in [4.78, 5) is 30.2. The van der Waals surface area contributed by atoms with Gasteiger partial charge in [-0.1, -0.05) is 20.8 Å². The molecule has 0 radical (unpaired) electrons. The maximum Gasteiger partial charge on any atom is 0.411 e. The summed E-state index contributed by atoms with van der Waals surface area (Å²) in [6, 6.07) is -0.779. The fourth-order valence-electron chi connectivity index (χ4n) is 4.74. The molecule has 4 atom stereocenters. The second-order valence-electron chi connectivity index (χ2n) is 11.9. The average Bonchev–Trinajstić information content (AvgIpc) is 3.33. The molecule has 2 amide bonds. The minimum absolute atomic E-state index is 0.00537. The van der Waals surface area contributed by atoms with Crippen molar-refractivity contribution in [3.05, 3.63) is 12.3 Å². The van der Waals surface area contributed by atoms with Gasteiger partial charge in [-0.15, -0.1) is 10.2 Å². The summed E-state index contributed by atoms with van der Waals surface area (Å²) in [5.74, 6) is 0.227. The monoisotopic (exact) mass is 480 g/mol. The van der Waals surface area contributed by atoms with Crippen LogP contribution in [0.1, 0.15) is 80.2 Å². The van der Waals surface area contributed by atoms with Crippen LogP contribution in [0.4, 0.5) is 4.79 Å². The largest absolute Gasteiger partial charge is 0.444 e. The number of nitrogens with zero attached hydrogens (tertiary/aromatic N) is 4. The van der Waals surface area contributed by atoms with Crippen LogP contribution < -0.4 is 0 Å². The highest BCUT2D eigenvalue weighted by molar-refractivity contribution is 6.74. The molecule has 10 heteroatoms. The molecule has 0 bridgehead atoms. The van der Waals surface area contributed by atoms with Crippen molar-refractivity contribution in [1.29, 1.82) is 0 Å². The number of hydrogen-bond donors (Lipinski definition) is 0. The number of amides is 2. The Morgan fingerprint density at radius 2 is 1.91 bits per heavy atom. The van der Waals surface area contributed by atoms with Crippen molar-refractivity contribution in [2.24, 2.45) is 0 Å². The molecular weight excluding hydrogens is 440 g/mol. The molecule has 0 saturated carbocycles. The van der Waals surface area contributed by atoms with Gasteiger partial charge >= 0.3 is 6.09 Å². The van der Waals surface area contributed by atoms with E-state index in [2.05, 4.69) is 44.1 Å². The molecule has 186 valence electrons. The first-order valence-electron chi connectivity index (χ1n) is 11.8. The number of β-lactam (4-membered cyclic amide) rings is 1. The number of likely N-dealkylation sites (tertiary alicyclic amines) is 2. The lowest BCUT2D eigenvalue weighted by Gasteiger charge is -2.59. The van der Waals surface area contributed by atoms with Gasteiger partial charge in [0.25, 0.3) is 5.91 Å². The summed E-state index contributed by atoms with van der Waals surface area (Å²) in [6.07, 6.45) is 1.83. The third kappa shape index (κ3) is 4.43. The van der Waals surface area contributed by atoms with Crippen molar-refractivity contribution >= 4 is 20.3 Å². The molecule has 3 heterocycles. The molecule has 2 saturated heterocycles. The molecule has 0 aliphatic carbocycles. The van der Waals surface area contributed by atoms with Crippen molar-refractivity contribution in [2.45, 2.75) is 116 Å². The van der Waals surface area contributed by atoms with Gasteiger partial charge in [0.2, 0.25) is 12.3 Å². The zero-order chi connectivity index (χ0) is 25.0. The lowest BCUT2D eigenvalue weighted by Crippen LogP contribution is -2.79. The predicted octanol–water partition coefficient (Wildman–Crippen LogP) is 4.52. The van der Waals surface area contributed by atoms with Crippen LogP contribution in [0.15, 0.2) is 10.8 Å². The van der Waals surface area contributed by atoms with Gasteiger partial charge < -0.3 is 18.5 Å². The fourth-order valence-corrected chi connectivity index (χ4v) is 6.15. The van der Waals surface area contributed by atoms with E-state index in [0.29, 0.717) is 18.9 Å². The normalized spacial score (nSPS) is 25.9. The van der Waals surface area contributed by atoms with Crippen molar-refractivity contribution in [1.82, 2.24) is 20.0 Å².